The van der Waals surface area contributed by atoms with E-state index in [-0.39, 0.29) is 11.6 Å². The Morgan fingerprint density at radius 3 is 2.16 bits per heavy atom. The Kier molecular flexibility index (Phi) is 5.18. The average molecular weight is 340 g/mol. The van der Waals surface area contributed by atoms with Crippen molar-refractivity contribution in [3.8, 4) is 0 Å². The van der Waals surface area contributed by atoms with Gasteiger partial charge in [-0.2, -0.15) is 0 Å². The van der Waals surface area contributed by atoms with Crippen LogP contribution < -0.4 is 10.6 Å². The van der Waals surface area contributed by atoms with E-state index < -0.39 is 0 Å². The van der Waals surface area contributed by atoms with Gasteiger partial charge in [0, 0.05) is 24.7 Å². The number of hydrogen-bond acceptors (Lipinski definition) is 4. The summed E-state index contributed by atoms with van der Waals surface area (Å²) in [5.74, 6) is 1.34. The van der Waals surface area contributed by atoms with Gasteiger partial charge in [0.05, 0.1) is 0 Å². The van der Waals surface area contributed by atoms with Crippen LogP contribution in [0.4, 0.5) is 20.4 Å². The molecule has 1 heterocycles. The van der Waals surface area contributed by atoms with Gasteiger partial charge in [0.2, 0.25) is 0 Å². The molecule has 2 N–H and O–H groups in total. The highest BCUT2D eigenvalue weighted by Crippen LogP contribution is 2.15. The normalized spacial score (nSPS) is 10.5. The predicted molar refractivity (Wildman–Crippen MR) is 94.2 cm³/mol. The largest absolute Gasteiger partial charge is 0.366 e. The smallest absolute Gasteiger partial charge is 0.132 e. The molecule has 0 saturated carbocycles. The average Bonchev–Trinajstić information content (AvgIpc) is 2.60. The van der Waals surface area contributed by atoms with Crippen molar-refractivity contribution in [1.29, 1.82) is 0 Å². The molecule has 0 fully saturated rings. The molecule has 3 rings (SSSR count). The molecule has 0 aliphatic rings. The van der Waals surface area contributed by atoms with Crippen molar-refractivity contribution in [3.63, 3.8) is 0 Å². The van der Waals surface area contributed by atoms with Gasteiger partial charge in [-0.3, -0.25) is 0 Å². The van der Waals surface area contributed by atoms with E-state index >= 15 is 0 Å². The quantitative estimate of drug-likeness (QED) is 0.703. The Morgan fingerprint density at radius 1 is 0.840 bits per heavy atom. The minimum atomic E-state index is -0.263. The number of nitrogens with zero attached hydrogens (tertiary/aromatic N) is 2. The van der Waals surface area contributed by atoms with Gasteiger partial charge in [-0.1, -0.05) is 30.3 Å². The number of benzene rings is 2. The van der Waals surface area contributed by atoms with Crippen LogP contribution in [-0.2, 0) is 13.1 Å². The maximum absolute atomic E-state index is 13.7. The molecule has 0 saturated heterocycles. The van der Waals surface area contributed by atoms with Gasteiger partial charge in [0.15, 0.2) is 0 Å². The van der Waals surface area contributed by atoms with Crippen LogP contribution in [0.15, 0.2) is 54.6 Å². The van der Waals surface area contributed by atoms with E-state index in [0.717, 1.165) is 5.56 Å². The van der Waals surface area contributed by atoms with Gasteiger partial charge in [-0.15, -0.1) is 0 Å². The second kappa shape index (κ2) is 7.70. The first-order valence-electron chi connectivity index (χ1n) is 7.91. The fraction of sp³-hybridized carbons (Fsp3) is 0.158. The van der Waals surface area contributed by atoms with Crippen LogP contribution in [0.3, 0.4) is 0 Å². The number of aromatic nitrogens is 2. The third kappa shape index (κ3) is 4.73. The summed E-state index contributed by atoms with van der Waals surface area (Å²) < 4.78 is 26.6. The molecule has 2 aromatic carbocycles. The zero-order valence-electron chi connectivity index (χ0n) is 13.8. The summed E-state index contributed by atoms with van der Waals surface area (Å²) in [5, 5.41) is 6.29. The molecule has 1 aromatic heterocycles. The predicted octanol–water partition coefficient (Wildman–Crippen LogP) is 4.29. The van der Waals surface area contributed by atoms with Crippen molar-refractivity contribution < 1.29 is 8.78 Å². The van der Waals surface area contributed by atoms with Crippen molar-refractivity contribution >= 4 is 11.6 Å². The van der Waals surface area contributed by atoms with Crippen LogP contribution in [0.25, 0.3) is 0 Å². The molecule has 0 aliphatic carbocycles. The second-order valence-electron chi connectivity index (χ2n) is 5.61. The van der Waals surface area contributed by atoms with Crippen molar-refractivity contribution in [3.05, 3.63) is 83.2 Å². The zero-order chi connectivity index (χ0) is 17.6. The minimum Gasteiger partial charge on any atom is -0.366 e. The van der Waals surface area contributed by atoms with Gasteiger partial charge in [0.25, 0.3) is 0 Å². The van der Waals surface area contributed by atoms with E-state index in [9.17, 15) is 8.78 Å². The lowest BCUT2D eigenvalue weighted by atomic mass is 10.2. The molecule has 0 amide bonds. The highest BCUT2D eigenvalue weighted by atomic mass is 19.1. The van der Waals surface area contributed by atoms with Crippen LogP contribution in [0.2, 0.25) is 0 Å². The number of halogens is 2. The lowest BCUT2D eigenvalue weighted by molar-refractivity contribution is 0.613. The molecule has 0 aliphatic heterocycles. The van der Waals surface area contributed by atoms with Crippen LogP contribution in [0.5, 0.6) is 0 Å². The molecule has 0 bridgehead atoms. The molecule has 0 spiro atoms. The number of nitrogens with one attached hydrogen (secondary N) is 2. The fourth-order valence-corrected chi connectivity index (χ4v) is 2.37. The van der Waals surface area contributed by atoms with Gasteiger partial charge in [0.1, 0.15) is 29.1 Å². The molecule has 128 valence electrons. The highest BCUT2D eigenvalue weighted by Gasteiger charge is 2.04. The van der Waals surface area contributed by atoms with Crippen LogP contribution >= 0.6 is 0 Å². The van der Waals surface area contributed by atoms with E-state index in [1.807, 2.05) is 0 Å². The van der Waals surface area contributed by atoms with E-state index in [0.29, 0.717) is 36.1 Å². The lowest BCUT2D eigenvalue weighted by Crippen LogP contribution is -2.07. The summed E-state index contributed by atoms with van der Waals surface area (Å²) in [7, 11) is 0. The van der Waals surface area contributed by atoms with Crippen LogP contribution in [0, 0.1) is 18.6 Å². The molecular formula is C19H18F2N4. The van der Waals surface area contributed by atoms with Crippen LogP contribution in [-0.4, -0.2) is 9.97 Å². The molecule has 4 nitrogen and oxygen atoms in total. The molecule has 0 unspecified atom stereocenters. The Morgan fingerprint density at radius 2 is 1.48 bits per heavy atom. The summed E-state index contributed by atoms with van der Waals surface area (Å²) >= 11 is 0. The Balaban J connectivity index is 1.65. The minimum absolute atomic E-state index is 0.254. The first-order valence-corrected chi connectivity index (χ1v) is 7.91. The molecule has 0 atom stereocenters. The van der Waals surface area contributed by atoms with Gasteiger partial charge in [-0.25, -0.2) is 18.7 Å². The van der Waals surface area contributed by atoms with Crippen molar-refractivity contribution in [2.45, 2.75) is 20.0 Å². The van der Waals surface area contributed by atoms with E-state index in [2.05, 4.69) is 20.6 Å². The summed E-state index contributed by atoms with van der Waals surface area (Å²) in [4.78, 5) is 8.64. The summed E-state index contributed by atoms with van der Waals surface area (Å²) in [6.45, 7) is 2.64. The fourth-order valence-electron chi connectivity index (χ4n) is 2.37. The highest BCUT2D eigenvalue weighted by molar-refractivity contribution is 5.48. The molecule has 3 aromatic rings. The first-order chi connectivity index (χ1) is 12.1. The van der Waals surface area contributed by atoms with Crippen molar-refractivity contribution in [1.82, 2.24) is 9.97 Å². The maximum atomic E-state index is 13.7. The Labute approximate surface area is 145 Å². The number of rotatable bonds is 6. The second-order valence-corrected chi connectivity index (χ2v) is 5.61. The first kappa shape index (κ1) is 16.8. The van der Waals surface area contributed by atoms with Gasteiger partial charge in [-0.05, 0) is 30.7 Å². The van der Waals surface area contributed by atoms with Gasteiger partial charge >= 0.3 is 0 Å². The number of hydrogen-bond donors (Lipinski definition) is 2. The lowest BCUT2D eigenvalue weighted by Gasteiger charge is -2.11. The third-order valence-corrected chi connectivity index (χ3v) is 3.64. The Bertz CT molecular complexity index is 850. The van der Waals surface area contributed by atoms with E-state index in [1.165, 1.54) is 18.2 Å². The topological polar surface area (TPSA) is 49.8 Å². The summed E-state index contributed by atoms with van der Waals surface area (Å²) in [6.07, 6.45) is 0. The number of aryl methyl sites for hydroxylation is 1. The third-order valence-electron chi connectivity index (χ3n) is 3.64. The molecule has 6 heteroatoms. The van der Waals surface area contributed by atoms with Crippen molar-refractivity contribution in [2.24, 2.45) is 0 Å². The zero-order valence-corrected chi connectivity index (χ0v) is 13.8. The summed E-state index contributed by atoms with van der Waals surface area (Å²) in [5.41, 5.74) is 1.51. The van der Waals surface area contributed by atoms with Crippen molar-refractivity contribution in [2.75, 3.05) is 10.6 Å². The molecule has 25 heavy (non-hydrogen) atoms. The van der Waals surface area contributed by atoms with Gasteiger partial charge < -0.3 is 10.6 Å². The van der Waals surface area contributed by atoms with E-state index in [1.54, 1.807) is 43.3 Å². The van der Waals surface area contributed by atoms with E-state index in [4.69, 9.17) is 0 Å². The Hall–Kier alpha value is -3.02. The van der Waals surface area contributed by atoms with Crippen LogP contribution in [0.1, 0.15) is 17.0 Å². The standard InChI is InChI=1S/C19H18F2N4/c1-13-24-18(22-11-14-6-8-16(20)9-7-14)10-19(25-13)23-12-15-4-2-3-5-17(15)21/h2-10H,11-12H2,1H3,(H2,22,23,24,25). The maximum Gasteiger partial charge on any atom is 0.132 e. The number of anilines is 2. The SMILES string of the molecule is Cc1nc(NCc2ccc(F)cc2)cc(NCc2ccccc2F)n1. The molecular weight excluding hydrogens is 322 g/mol. The monoisotopic (exact) mass is 340 g/mol. The molecule has 0 radical (unpaired) electrons. The summed E-state index contributed by atoms with van der Waals surface area (Å²) in [6, 6.07) is 14.6.